The molecule has 0 saturated heterocycles. The van der Waals surface area contributed by atoms with Crippen LogP contribution >= 0.6 is 0 Å². The van der Waals surface area contributed by atoms with Gasteiger partial charge in [-0.15, -0.1) is 0 Å². The van der Waals surface area contributed by atoms with Crippen LogP contribution in [0.4, 0.5) is 0 Å². The highest BCUT2D eigenvalue weighted by molar-refractivity contribution is 7.91. The number of rotatable bonds is 1. The average molecular weight is 133 g/mol. The molecule has 1 unspecified atom stereocenters. The molecule has 3 heteroatoms. The Balaban J connectivity index is 2.60. The smallest absolute Gasteiger partial charge is 0.150 e. The van der Waals surface area contributed by atoms with Crippen LogP contribution in [0.2, 0.25) is 0 Å². The molecule has 0 aromatic rings. The molecule has 1 saturated carbocycles. The van der Waals surface area contributed by atoms with Crippen LogP contribution in [0.3, 0.4) is 0 Å². The molecule has 0 N–H and O–H groups in total. The summed E-state index contributed by atoms with van der Waals surface area (Å²) in [5.41, 5.74) is 0. The van der Waals surface area contributed by atoms with Crippen molar-refractivity contribution in [3.8, 4) is 0 Å². The quantitative estimate of drug-likeness (QED) is 0.518. The summed E-state index contributed by atoms with van der Waals surface area (Å²) in [4.78, 5) is 0. The van der Waals surface area contributed by atoms with Crippen LogP contribution in [0.5, 0.6) is 0 Å². The largest absolute Gasteiger partial charge is 0.229 e. The summed E-state index contributed by atoms with van der Waals surface area (Å²) in [5, 5.41) is -0.123. The Bertz CT molecular complexity index is 165. The lowest BCUT2D eigenvalue weighted by molar-refractivity contribution is 0.558. The highest BCUT2D eigenvalue weighted by Gasteiger charge is 2.27. The summed E-state index contributed by atoms with van der Waals surface area (Å²) in [7, 11) is -2.72. The van der Waals surface area contributed by atoms with Crippen LogP contribution in [0.15, 0.2) is 0 Å². The van der Waals surface area contributed by atoms with Gasteiger partial charge in [-0.05, 0) is 19.3 Å². The molecule has 1 atom stereocenters. The second-order valence-electron chi connectivity index (χ2n) is 2.18. The maximum Gasteiger partial charge on any atom is 0.150 e. The molecule has 1 fully saturated rings. The van der Waals surface area contributed by atoms with Crippen molar-refractivity contribution < 1.29 is 8.42 Å². The van der Waals surface area contributed by atoms with Gasteiger partial charge < -0.3 is 0 Å². The van der Waals surface area contributed by atoms with Crippen LogP contribution in [-0.2, 0) is 9.84 Å². The Morgan fingerprint density at radius 1 is 1.62 bits per heavy atom. The maximum atomic E-state index is 10.6. The van der Waals surface area contributed by atoms with Crippen molar-refractivity contribution in [1.29, 1.82) is 0 Å². The van der Waals surface area contributed by atoms with Crippen molar-refractivity contribution in [2.24, 2.45) is 0 Å². The van der Waals surface area contributed by atoms with Crippen LogP contribution in [-0.4, -0.2) is 19.9 Å². The lowest BCUT2D eigenvalue weighted by Crippen LogP contribution is -2.27. The monoisotopic (exact) mass is 133 g/mol. The van der Waals surface area contributed by atoms with Gasteiger partial charge in [0.1, 0.15) is 0 Å². The van der Waals surface area contributed by atoms with E-state index in [2.05, 4.69) is 0 Å². The maximum absolute atomic E-state index is 10.6. The predicted molar refractivity (Wildman–Crippen MR) is 32.2 cm³/mol. The van der Waals surface area contributed by atoms with Gasteiger partial charge >= 0.3 is 0 Å². The summed E-state index contributed by atoms with van der Waals surface area (Å²) in [6.45, 7) is 0. The Morgan fingerprint density at radius 3 is 2.12 bits per heavy atom. The zero-order valence-corrected chi connectivity index (χ0v) is 5.61. The third kappa shape index (κ3) is 1.02. The van der Waals surface area contributed by atoms with E-state index in [9.17, 15) is 8.42 Å². The second-order valence-corrected chi connectivity index (χ2v) is 4.45. The Labute approximate surface area is 49.8 Å². The molecule has 8 heavy (non-hydrogen) atoms. The summed E-state index contributed by atoms with van der Waals surface area (Å²) in [6, 6.07) is 0. The molecule has 0 aliphatic heterocycles. The average Bonchev–Trinajstić information content (AvgIpc) is 1.16. The molecular formula is C5H9O2S. The summed E-state index contributed by atoms with van der Waals surface area (Å²) in [6.07, 6.45) is 4.93. The van der Waals surface area contributed by atoms with E-state index in [0.717, 1.165) is 12.8 Å². The second kappa shape index (κ2) is 1.72. The number of hydrogen-bond donors (Lipinski definition) is 0. The van der Waals surface area contributed by atoms with Crippen LogP contribution in [0, 0.1) is 6.42 Å². The molecule has 0 amide bonds. The molecule has 1 radical (unpaired) electrons. The molecule has 1 rings (SSSR count). The first kappa shape index (κ1) is 6.08. The number of hydrogen-bond acceptors (Lipinski definition) is 2. The number of sulfone groups is 1. The molecule has 0 bridgehead atoms. The van der Waals surface area contributed by atoms with Gasteiger partial charge in [0.15, 0.2) is 9.84 Å². The van der Waals surface area contributed by atoms with Crippen molar-refractivity contribution in [1.82, 2.24) is 0 Å². The molecule has 2 nitrogen and oxygen atoms in total. The Morgan fingerprint density at radius 2 is 2.12 bits per heavy atom. The van der Waals surface area contributed by atoms with Gasteiger partial charge in [0.2, 0.25) is 0 Å². The molecule has 0 heterocycles. The summed E-state index contributed by atoms with van der Waals surface area (Å²) >= 11 is 0. The minimum atomic E-state index is -2.72. The summed E-state index contributed by atoms with van der Waals surface area (Å²) in [5.74, 6) is 0. The fourth-order valence-electron chi connectivity index (χ4n) is 0.692. The van der Waals surface area contributed by atoms with Gasteiger partial charge in [0, 0.05) is 6.26 Å². The van der Waals surface area contributed by atoms with E-state index in [4.69, 9.17) is 0 Å². The Kier molecular flexibility index (Phi) is 1.31. The zero-order chi connectivity index (χ0) is 6.20. The lowest BCUT2D eigenvalue weighted by Gasteiger charge is -2.22. The zero-order valence-electron chi connectivity index (χ0n) is 4.79. The van der Waals surface area contributed by atoms with Crippen molar-refractivity contribution in [3.63, 3.8) is 0 Å². The molecule has 1 aliphatic rings. The first-order chi connectivity index (χ1) is 3.61. The topological polar surface area (TPSA) is 34.1 Å². The minimum Gasteiger partial charge on any atom is -0.229 e. The van der Waals surface area contributed by atoms with Gasteiger partial charge in [-0.3, -0.25) is 0 Å². The minimum absolute atomic E-state index is 0.123. The lowest BCUT2D eigenvalue weighted by atomic mass is 10.0. The highest BCUT2D eigenvalue weighted by Crippen LogP contribution is 2.23. The predicted octanol–water partition coefficient (Wildman–Crippen LogP) is 0.398. The van der Waals surface area contributed by atoms with E-state index in [1.54, 1.807) is 0 Å². The molecule has 1 aliphatic carbocycles. The van der Waals surface area contributed by atoms with E-state index in [1.807, 2.05) is 6.42 Å². The standard InChI is InChI=1S/C5H9O2S/c1-8(6,7)5-3-2-4-5/h3,5H,2,4H2,1H3. The first-order valence-electron chi connectivity index (χ1n) is 2.63. The molecular weight excluding hydrogens is 124 g/mol. The summed E-state index contributed by atoms with van der Waals surface area (Å²) < 4.78 is 21.2. The van der Waals surface area contributed by atoms with Gasteiger partial charge in [0.25, 0.3) is 0 Å². The SMILES string of the molecule is CS(=O)(=O)C1[CH]CC1. The van der Waals surface area contributed by atoms with Crippen molar-refractivity contribution in [3.05, 3.63) is 6.42 Å². The van der Waals surface area contributed by atoms with Crippen LogP contribution in [0.1, 0.15) is 12.8 Å². The van der Waals surface area contributed by atoms with E-state index < -0.39 is 9.84 Å². The molecule has 0 spiro atoms. The fourth-order valence-corrected chi connectivity index (χ4v) is 1.74. The van der Waals surface area contributed by atoms with E-state index in [0.29, 0.717) is 0 Å². The van der Waals surface area contributed by atoms with Crippen molar-refractivity contribution in [2.45, 2.75) is 18.1 Å². The molecule has 0 aromatic heterocycles. The van der Waals surface area contributed by atoms with E-state index >= 15 is 0 Å². The molecule has 0 aromatic carbocycles. The van der Waals surface area contributed by atoms with Gasteiger partial charge in [-0.25, -0.2) is 8.42 Å². The Hall–Kier alpha value is -0.0500. The van der Waals surface area contributed by atoms with Crippen LogP contribution in [0.25, 0.3) is 0 Å². The van der Waals surface area contributed by atoms with Gasteiger partial charge in [-0.1, -0.05) is 0 Å². The fraction of sp³-hybridized carbons (Fsp3) is 0.800. The molecule has 47 valence electrons. The van der Waals surface area contributed by atoms with Gasteiger partial charge in [-0.2, -0.15) is 0 Å². The third-order valence-electron chi connectivity index (χ3n) is 1.43. The van der Waals surface area contributed by atoms with Crippen molar-refractivity contribution >= 4 is 9.84 Å². The van der Waals surface area contributed by atoms with E-state index in [1.165, 1.54) is 6.26 Å². The highest BCUT2D eigenvalue weighted by atomic mass is 32.2. The van der Waals surface area contributed by atoms with Crippen LogP contribution < -0.4 is 0 Å². The first-order valence-corrected chi connectivity index (χ1v) is 4.58. The third-order valence-corrected chi connectivity index (χ3v) is 2.96. The van der Waals surface area contributed by atoms with Gasteiger partial charge in [0.05, 0.1) is 5.25 Å². The van der Waals surface area contributed by atoms with Crippen molar-refractivity contribution in [2.75, 3.05) is 6.26 Å². The van der Waals surface area contributed by atoms with E-state index in [-0.39, 0.29) is 5.25 Å². The normalized spacial score (nSPS) is 22.6.